The summed E-state index contributed by atoms with van der Waals surface area (Å²) < 4.78 is 10.8. The van der Waals surface area contributed by atoms with Crippen molar-refractivity contribution in [2.75, 3.05) is 38.8 Å². The Hall–Kier alpha value is -1.13. The monoisotopic (exact) mass is 279 g/mol. The molecule has 0 radical (unpaired) electrons. The molecule has 2 aliphatic rings. The molecule has 0 amide bonds. The minimum Gasteiger partial charge on any atom is -0.351 e. The fraction of sp³-hybridized carbons (Fsp3) is 0.615. The van der Waals surface area contributed by atoms with Gasteiger partial charge in [-0.1, -0.05) is 0 Å². The Morgan fingerprint density at radius 3 is 2.74 bits per heavy atom. The number of rotatable bonds is 3. The lowest BCUT2D eigenvalue weighted by Crippen LogP contribution is -2.64. The van der Waals surface area contributed by atoms with Gasteiger partial charge in [0.15, 0.2) is 0 Å². The smallest absolute Gasteiger partial charge is 0.203 e. The van der Waals surface area contributed by atoms with E-state index in [0.717, 1.165) is 30.1 Å². The highest BCUT2D eigenvalue weighted by molar-refractivity contribution is 7.16. The maximum absolute atomic E-state index is 9.42. The molecular formula is C13H17N3O2S. The van der Waals surface area contributed by atoms with E-state index in [1.807, 2.05) is 0 Å². The predicted molar refractivity (Wildman–Crippen MR) is 73.4 cm³/mol. The summed E-state index contributed by atoms with van der Waals surface area (Å²) in [6.45, 7) is 3.20. The van der Waals surface area contributed by atoms with Gasteiger partial charge in [-0.25, -0.2) is 0 Å². The van der Waals surface area contributed by atoms with Crippen molar-refractivity contribution in [2.45, 2.75) is 18.8 Å². The van der Waals surface area contributed by atoms with Gasteiger partial charge in [0.25, 0.3) is 0 Å². The SMILES string of the molecule is COC1(OC)CN(c2sc3c(c2C#N)CCNC3)C1. The van der Waals surface area contributed by atoms with Gasteiger partial charge in [-0.15, -0.1) is 11.3 Å². The number of ether oxygens (including phenoxy) is 2. The van der Waals surface area contributed by atoms with Gasteiger partial charge >= 0.3 is 0 Å². The van der Waals surface area contributed by atoms with E-state index in [0.29, 0.717) is 13.1 Å². The van der Waals surface area contributed by atoms with Crippen molar-refractivity contribution < 1.29 is 9.47 Å². The van der Waals surface area contributed by atoms with E-state index in [9.17, 15) is 5.26 Å². The van der Waals surface area contributed by atoms with Crippen molar-refractivity contribution in [3.8, 4) is 6.07 Å². The number of fused-ring (bicyclic) bond motifs is 1. The van der Waals surface area contributed by atoms with Crippen LogP contribution < -0.4 is 10.2 Å². The second kappa shape index (κ2) is 4.76. The highest BCUT2D eigenvalue weighted by Crippen LogP contribution is 2.41. The molecule has 3 rings (SSSR count). The number of nitrogens with one attached hydrogen (secondary N) is 1. The molecule has 0 aromatic carbocycles. The highest BCUT2D eigenvalue weighted by Gasteiger charge is 2.45. The lowest BCUT2D eigenvalue weighted by molar-refractivity contribution is -0.219. The third kappa shape index (κ3) is 1.94. The molecule has 0 bridgehead atoms. The Balaban J connectivity index is 1.87. The van der Waals surface area contributed by atoms with Gasteiger partial charge in [0, 0.05) is 25.6 Å². The summed E-state index contributed by atoms with van der Waals surface area (Å²) in [6.07, 6.45) is 0.947. The molecule has 2 aliphatic heterocycles. The van der Waals surface area contributed by atoms with Gasteiger partial charge in [-0.3, -0.25) is 0 Å². The van der Waals surface area contributed by atoms with Gasteiger partial charge in [0.05, 0.1) is 18.7 Å². The summed E-state index contributed by atoms with van der Waals surface area (Å²) in [6, 6.07) is 2.38. The third-order valence-corrected chi connectivity index (χ3v) is 5.21. The van der Waals surface area contributed by atoms with Crippen LogP contribution in [0.15, 0.2) is 0 Å². The highest BCUT2D eigenvalue weighted by atomic mass is 32.1. The Kier molecular flexibility index (Phi) is 3.23. The van der Waals surface area contributed by atoms with E-state index >= 15 is 0 Å². The standard InChI is InChI=1S/C13H17N3O2S/c1-17-13(18-2)7-16(8-13)12-10(5-14)9-3-4-15-6-11(9)19-12/h15H,3-4,6-8H2,1-2H3. The van der Waals surface area contributed by atoms with Gasteiger partial charge in [0.2, 0.25) is 5.79 Å². The molecule has 1 aromatic rings. The summed E-state index contributed by atoms with van der Waals surface area (Å²) in [5, 5.41) is 13.8. The molecule has 3 heterocycles. The third-order valence-electron chi connectivity index (χ3n) is 3.92. The number of anilines is 1. The zero-order chi connectivity index (χ0) is 13.5. The van der Waals surface area contributed by atoms with E-state index < -0.39 is 5.79 Å². The van der Waals surface area contributed by atoms with Crippen molar-refractivity contribution in [1.29, 1.82) is 5.26 Å². The molecule has 0 spiro atoms. The molecule has 102 valence electrons. The summed E-state index contributed by atoms with van der Waals surface area (Å²) >= 11 is 1.72. The summed E-state index contributed by atoms with van der Waals surface area (Å²) in [4.78, 5) is 3.47. The molecule has 0 atom stereocenters. The van der Waals surface area contributed by atoms with Gasteiger partial charge < -0.3 is 19.7 Å². The zero-order valence-corrected chi connectivity index (χ0v) is 12.0. The van der Waals surface area contributed by atoms with Crippen LogP contribution in [0.25, 0.3) is 0 Å². The Morgan fingerprint density at radius 2 is 2.11 bits per heavy atom. The number of nitriles is 1. The first-order chi connectivity index (χ1) is 9.23. The minimum absolute atomic E-state index is 0.504. The van der Waals surface area contributed by atoms with E-state index in [1.165, 1.54) is 10.4 Å². The average Bonchev–Trinajstić information content (AvgIpc) is 2.77. The van der Waals surface area contributed by atoms with Crippen LogP contribution >= 0.6 is 11.3 Å². The van der Waals surface area contributed by atoms with Crippen LogP contribution in [0.2, 0.25) is 0 Å². The lowest BCUT2D eigenvalue weighted by Gasteiger charge is -2.48. The number of thiophene rings is 1. The molecule has 0 saturated carbocycles. The lowest BCUT2D eigenvalue weighted by atomic mass is 10.0. The molecule has 1 fully saturated rings. The number of hydrogen-bond donors (Lipinski definition) is 1. The van der Waals surface area contributed by atoms with E-state index in [2.05, 4.69) is 16.3 Å². The van der Waals surface area contributed by atoms with Crippen molar-refractivity contribution in [3.63, 3.8) is 0 Å². The Labute approximate surface area is 116 Å². The molecule has 1 N–H and O–H groups in total. The average molecular weight is 279 g/mol. The van der Waals surface area contributed by atoms with Crippen molar-refractivity contribution in [3.05, 3.63) is 16.0 Å². The van der Waals surface area contributed by atoms with Crippen LogP contribution in [0, 0.1) is 11.3 Å². The molecule has 19 heavy (non-hydrogen) atoms. The van der Waals surface area contributed by atoms with E-state index in [-0.39, 0.29) is 0 Å². The largest absolute Gasteiger partial charge is 0.351 e. The van der Waals surface area contributed by atoms with Crippen molar-refractivity contribution >= 4 is 16.3 Å². The minimum atomic E-state index is -0.504. The van der Waals surface area contributed by atoms with Crippen LogP contribution in [0.4, 0.5) is 5.00 Å². The molecule has 6 heteroatoms. The molecule has 1 aromatic heterocycles. The summed E-state index contributed by atoms with van der Waals surface area (Å²) in [5.74, 6) is -0.504. The van der Waals surface area contributed by atoms with Crippen LogP contribution in [0.1, 0.15) is 16.0 Å². The topological polar surface area (TPSA) is 57.5 Å². The first kappa shape index (κ1) is 12.9. The second-order valence-corrected chi connectivity index (χ2v) is 5.98. The molecule has 1 saturated heterocycles. The molecular weight excluding hydrogens is 262 g/mol. The fourth-order valence-electron chi connectivity index (χ4n) is 2.68. The fourth-order valence-corrected chi connectivity index (χ4v) is 3.94. The van der Waals surface area contributed by atoms with Crippen LogP contribution in [0.3, 0.4) is 0 Å². The number of nitrogens with zero attached hydrogens (tertiary/aromatic N) is 2. The Bertz CT molecular complexity index is 523. The zero-order valence-electron chi connectivity index (χ0n) is 11.2. The van der Waals surface area contributed by atoms with Crippen LogP contribution in [-0.2, 0) is 22.4 Å². The van der Waals surface area contributed by atoms with Gasteiger partial charge in [-0.05, 0) is 18.5 Å². The first-order valence-corrected chi connectivity index (χ1v) is 7.15. The molecule has 0 unspecified atom stereocenters. The number of hydrogen-bond acceptors (Lipinski definition) is 6. The van der Waals surface area contributed by atoms with Crippen LogP contribution in [-0.4, -0.2) is 39.6 Å². The summed E-state index contributed by atoms with van der Waals surface area (Å²) in [7, 11) is 3.32. The quantitative estimate of drug-likeness (QED) is 0.839. The maximum atomic E-state index is 9.42. The first-order valence-electron chi connectivity index (χ1n) is 6.33. The second-order valence-electron chi connectivity index (χ2n) is 4.90. The van der Waals surface area contributed by atoms with Gasteiger partial charge in [-0.2, -0.15) is 5.26 Å². The van der Waals surface area contributed by atoms with Crippen molar-refractivity contribution in [2.24, 2.45) is 0 Å². The predicted octanol–water partition coefficient (Wildman–Crippen LogP) is 1.07. The van der Waals surface area contributed by atoms with Crippen molar-refractivity contribution in [1.82, 2.24) is 5.32 Å². The van der Waals surface area contributed by atoms with E-state index in [1.54, 1.807) is 25.6 Å². The maximum Gasteiger partial charge on any atom is 0.203 e. The van der Waals surface area contributed by atoms with Gasteiger partial charge in [0.1, 0.15) is 11.1 Å². The molecule has 5 nitrogen and oxygen atoms in total. The summed E-state index contributed by atoms with van der Waals surface area (Å²) in [5.41, 5.74) is 2.08. The molecule has 0 aliphatic carbocycles. The Morgan fingerprint density at radius 1 is 1.37 bits per heavy atom. The van der Waals surface area contributed by atoms with Crippen LogP contribution in [0.5, 0.6) is 0 Å². The van der Waals surface area contributed by atoms with E-state index in [4.69, 9.17) is 9.47 Å². The normalized spacial score (nSPS) is 20.6. The number of methoxy groups -OCH3 is 2.